The third-order valence-electron chi connectivity index (χ3n) is 5.12. The number of nitrogens with two attached hydrogens (primary N) is 1. The van der Waals surface area contributed by atoms with E-state index in [1.165, 1.54) is 23.1 Å². The summed E-state index contributed by atoms with van der Waals surface area (Å²) in [5.74, 6) is 0.780. The van der Waals surface area contributed by atoms with Crippen LogP contribution in [0.25, 0.3) is 5.69 Å². The number of fused-ring (bicyclic) bond motifs is 1. The van der Waals surface area contributed by atoms with Crippen LogP contribution in [0.1, 0.15) is 39.5 Å². The van der Waals surface area contributed by atoms with Crippen LogP contribution in [0.2, 0.25) is 0 Å². The highest BCUT2D eigenvalue weighted by Crippen LogP contribution is 2.38. The number of para-hydroxylation sites is 2. The van der Waals surface area contributed by atoms with Gasteiger partial charge in [0.15, 0.2) is 5.16 Å². The number of hydrogen-bond donors (Lipinski definition) is 2. The van der Waals surface area contributed by atoms with Crippen molar-refractivity contribution in [1.82, 2.24) is 14.8 Å². The second kappa shape index (κ2) is 9.11. The van der Waals surface area contributed by atoms with Crippen molar-refractivity contribution in [2.45, 2.75) is 37.8 Å². The fourth-order valence-corrected chi connectivity index (χ4v) is 5.84. The highest BCUT2D eigenvalue weighted by Gasteiger charge is 2.25. The van der Waals surface area contributed by atoms with E-state index in [4.69, 9.17) is 10.5 Å². The summed E-state index contributed by atoms with van der Waals surface area (Å²) < 4.78 is 7.31. The minimum Gasteiger partial charge on any atom is -0.495 e. The summed E-state index contributed by atoms with van der Waals surface area (Å²) in [4.78, 5) is 25.9. The van der Waals surface area contributed by atoms with E-state index in [2.05, 4.69) is 15.5 Å². The number of benzene rings is 1. The zero-order valence-corrected chi connectivity index (χ0v) is 18.9. The standard InChI is InChI=1S/C21H23N5O3S2/c1-12-24-25-21(26(12)14-8-4-5-9-15(14)29-2)30-11-17(27)23-20-18(19(22)28)13-7-3-6-10-16(13)31-20/h4-5,8-9H,3,6-7,10-11H2,1-2H3,(H2,22,28)(H,23,27). The summed E-state index contributed by atoms with van der Waals surface area (Å²) in [7, 11) is 1.61. The van der Waals surface area contributed by atoms with Crippen molar-refractivity contribution in [3.05, 3.63) is 46.1 Å². The van der Waals surface area contributed by atoms with Crippen molar-refractivity contribution in [2.75, 3.05) is 18.2 Å². The fourth-order valence-electron chi connectivity index (χ4n) is 3.74. The first-order valence-corrected chi connectivity index (χ1v) is 11.7. The van der Waals surface area contributed by atoms with Gasteiger partial charge in [-0.1, -0.05) is 23.9 Å². The molecular weight excluding hydrogens is 434 g/mol. The van der Waals surface area contributed by atoms with Crippen molar-refractivity contribution < 1.29 is 14.3 Å². The van der Waals surface area contributed by atoms with Gasteiger partial charge in [-0.05, 0) is 50.3 Å². The zero-order chi connectivity index (χ0) is 22.0. The Hall–Kier alpha value is -2.85. The van der Waals surface area contributed by atoms with Gasteiger partial charge in [0.1, 0.15) is 16.6 Å². The number of amides is 2. The average molecular weight is 458 g/mol. The van der Waals surface area contributed by atoms with Crippen molar-refractivity contribution in [2.24, 2.45) is 5.73 Å². The number of carbonyl (C=O) groups excluding carboxylic acids is 2. The summed E-state index contributed by atoms with van der Waals surface area (Å²) >= 11 is 2.73. The minimum atomic E-state index is -0.492. The quantitative estimate of drug-likeness (QED) is 0.526. The van der Waals surface area contributed by atoms with Crippen LogP contribution in [0.5, 0.6) is 5.75 Å². The van der Waals surface area contributed by atoms with Gasteiger partial charge in [-0.3, -0.25) is 14.2 Å². The first kappa shape index (κ1) is 21.4. The first-order valence-electron chi connectivity index (χ1n) is 9.92. The number of thioether (sulfide) groups is 1. The molecular formula is C21H23N5O3S2. The van der Waals surface area contributed by atoms with Gasteiger partial charge >= 0.3 is 0 Å². The number of aryl methyl sites for hydroxylation is 2. The SMILES string of the molecule is COc1ccccc1-n1c(C)nnc1SCC(=O)Nc1sc2c(c1C(N)=O)CCCC2. The zero-order valence-electron chi connectivity index (χ0n) is 17.3. The van der Waals surface area contributed by atoms with Crippen molar-refractivity contribution in [1.29, 1.82) is 0 Å². The van der Waals surface area contributed by atoms with Crippen LogP contribution in [0.4, 0.5) is 5.00 Å². The van der Waals surface area contributed by atoms with Gasteiger partial charge < -0.3 is 15.8 Å². The molecule has 0 saturated carbocycles. The Balaban J connectivity index is 1.51. The van der Waals surface area contributed by atoms with Crippen LogP contribution in [0, 0.1) is 6.92 Å². The van der Waals surface area contributed by atoms with Crippen LogP contribution >= 0.6 is 23.1 Å². The van der Waals surface area contributed by atoms with Gasteiger partial charge in [-0.25, -0.2) is 0 Å². The largest absolute Gasteiger partial charge is 0.495 e. The predicted molar refractivity (Wildman–Crippen MR) is 121 cm³/mol. The van der Waals surface area contributed by atoms with Gasteiger partial charge in [-0.2, -0.15) is 0 Å². The van der Waals surface area contributed by atoms with Gasteiger partial charge in [0.25, 0.3) is 5.91 Å². The summed E-state index contributed by atoms with van der Waals surface area (Å²) in [6.07, 6.45) is 3.88. The number of aromatic nitrogens is 3. The van der Waals surface area contributed by atoms with Crippen molar-refractivity contribution in [3.8, 4) is 11.4 Å². The molecule has 4 rings (SSSR count). The third kappa shape index (κ3) is 4.31. The van der Waals surface area contributed by atoms with E-state index in [0.717, 1.165) is 41.8 Å². The Morgan fingerprint density at radius 1 is 1.26 bits per heavy atom. The number of carbonyl (C=O) groups is 2. The van der Waals surface area contributed by atoms with Crippen molar-refractivity contribution in [3.63, 3.8) is 0 Å². The molecule has 0 spiro atoms. The van der Waals surface area contributed by atoms with E-state index in [1.54, 1.807) is 7.11 Å². The maximum atomic E-state index is 12.7. The number of thiophene rings is 1. The molecule has 0 atom stereocenters. The molecule has 2 aromatic heterocycles. The molecule has 8 nitrogen and oxygen atoms in total. The molecule has 2 heterocycles. The topological polar surface area (TPSA) is 112 Å². The Morgan fingerprint density at radius 3 is 2.81 bits per heavy atom. The molecule has 0 unspecified atom stereocenters. The summed E-state index contributed by atoms with van der Waals surface area (Å²) in [6, 6.07) is 7.57. The molecule has 1 aromatic carbocycles. The first-order chi connectivity index (χ1) is 15.0. The number of nitrogens with zero attached hydrogens (tertiary/aromatic N) is 3. The highest BCUT2D eigenvalue weighted by molar-refractivity contribution is 7.99. The number of methoxy groups -OCH3 is 1. The Labute approximate surface area is 188 Å². The number of nitrogens with one attached hydrogen (secondary N) is 1. The summed E-state index contributed by atoms with van der Waals surface area (Å²) in [6.45, 7) is 1.85. The van der Waals surface area contributed by atoms with Crippen LogP contribution in [0.15, 0.2) is 29.4 Å². The fraction of sp³-hybridized carbons (Fsp3) is 0.333. The summed E-state index contributed by atoms with van der Waals surface area (Å²) in [5, 5.41) is 12.4. The third-order valence-corrected chi connectivity index (χ3v) is 7.26. The Morgan fingerprint density at radius 2 is 2.03 bits per heavy atom. The summed E-state index contributed by atoms with van der Waals surface area (Å²) in [5.41, 5.74) is 7.88. The second-order valence-electron chi connectivity index (χ2n) is 7.15. The molecule has 0 bridgehead atoms. The Kier molecular flexibility index (Phi) is 6.28. The average Bonchev–Trinajstić information content (AvgIpc) is 3.31. The molecule has 162 valence electrons. The number of ether oxygens (including phenoxy) is 1. The van der Waals surface area contributed by atoms with E-state index in [9.17, 15) is 9.59 Å². The van der Waals surface area contributed by atoms with Crippen LogP contribution in [0.3, 0.4) is 0 Å². The predicted octanol–water partition coefficient (Wildman–Crippen LogP) is 3.35. The maximum Gasteiger partial charge on any atom is 0.251 e. The van der Waals surface area contributed by atoms with E-state index in [-0.39, 0.29) is 11.7 Å². The number of anilines is 1. The minimum absolute atomic E-state index is 0.119. The van der Waals surface area contributed by atoms with Crippen LogP contribution < -0.4 is 15.8 Å². The van der Waals surface area contributed by atoms with E-state index < -0.39 is 5.91 Å². The molecule has 3 aromatic rings. The van der Waals surface area contributed by atoms with Gasteiger partial charge in [0, 0.05) is 4.88 Å². The van der Waals surface area contributed by atoms with Crippen LogP contribution in [-0.2, 0) is 17.6 Å². The molecule has 1 aliphatic carbocycles. The monoisotopic (exact) mass is 457 g/mol. The van der Waals surface area contributed by atoms with Crippen molar-refractivity contribution >= 4 is 39.9 Å². The number of hydrogen-bond acceptors (Lipinski definition) is 7. The van der Waals surface area contributed by atoms with Gasteiger partial charge in [0.2, 0.25) is 5.91 Å². The second-order valence-corrected chi connectivity index (χ2v) is 9.20. The van der Waals surface area contributed by atoms with E-state index in [1.807, 2.05) is 35.8 Å². The van der Waals surface area contributed by atoms with E-state index in [0.29, 0.717) is 27.3 Å². The smallest absolute Gasteiger partial charge is 0.251 e. The normalized spacial score (nSPS) is 13.0. The Bertz CT molecular complexity index is 1140. The lowest BCUT2D eigenvalue weighted by atomic mass is 9.95. The van der Waals surface area contributed by atoms with Gasteiger partial charge in [-0.15, -0.1) is 21.5 Å². The van der Waals surface area contributed by atoms with Crippen LogP contribution in [-0.4, -0.2) is 39.4 Å². The van der Waals surface area contributed by atoms with E-state index >= 15 is 0 Å². The maximum absolute atomic E-state index is 12.7. The molecule has 31 heavy (non-hydrogen) atoms. The lowest BCUT2D eigenvalue weighted by Crippen LogP contribution is -2.19. The molecule has 0 aliphatic heterocycles. The highest BCUT2D eigenvalue weighted by atomic mass is 32.2. The number of primary amides is 1. The molecule has 0 saturated heterocycles. The lowest BCUT2D eigenvalue weighted by molar-refractivity contribution is -0.113. The molecule has 1 aliphatic rings. The molecule has 2 amide bonds. The molecule has 0 fully saturated rings. The lowest BCUT2D eigenvalue weighted by Gasteiger charge is -2.12. The molecule has 3 N–H and O–H groups in total. The number of rotatable bonds is 7. The molecule has 0 radical (unpaired) electrons. The van der Waals surface area contributed by atoms with Gasteiger partial charge in [0.05, 0.1) is 24.1 Å². The molecule has 10 heteroatoms.